The van der Waals surface area contributed by atoms with Gasteiger partial charge in [0.15, 0.2) is 0 Å². The Morgan fingerprint density at radius 3 is 1.94 bits per heavy atom. The summed E-state index contributed by atoms with van der Waals surface area (Å²) in [6.45, 7) is 6.66. The number of anilines is 1. The van der Waals surface area contributed by atoms with Gasteiger partial charge in [-0.05, 0) is 81.3 Å². The summed E-state index contributed by atoms with van der Waals surface area (Å²) in [7, 11) is -4.30. The van der Waals surface area contributed by atoms with Gasteiger partial charge in [-0.25, -0.2) is 8.42 Å². The van der Waals surface area contributed by atoms with E-state index in [1.54, 1.807) is 30.3 Å². The quantitative estimate of drug-likeness (QED) is 0.168. The van der Waals surface area contributed by atoms with Crippen LogP contribution in [0.25, 0.3) is 0 Å². The molecule has 0 radical (unpaired) electrons. The van der Waals surface area contributed by atoms with E-state index in [0.717, 1.165) is 15.4 Å². The van der Waals surface area contributed by atoms with Crippen LogP contribution < -0.4 is 9.62 Å². The van der Waals surface area contributed by atoms with Crippen molar-refractivity contribution in [3.05, 3.63) is 128 Å². The summed E-state index contributed by atoms with van der Waals surface area (Å²) < 4.78 is 29.4. The van der Waals surface area contributed by atoms with Crippen LogP contribution in [0.2, 0.25) is 20.1 Å². The number of hydrogen-bond acceptors (Lipinski definition) is 4. The molecule has 1 N–H and O–H groups in total. The number of carbonyl (C=O) groups excluding carboxylic acids is 2. The fourth-order valence-corrected chi connectivity index (χ4v) is 6.87. The lowest BCUT2D eigenvalue weighted by Gasteiger charge is -2.35. The maximum absolute atomic E-state index is 14.6. The molecule has 0 aliphatic heterocycles. The second-order valence-electron chi connectivity index (χ2n) is 12.1. The van der Waals surface area contributed by atoms with Crippen molar-refractivity contribution in [1.29, 1.82) is 0 Å². The summed E-state index contributed by atoms with van der Waals surface area (Å²) in [5.74, 6) is -1.04. The molecular weight excluding hydrogens is 700 g/mol. The van der Waals surface area contributed by atoms with Gasteiger partial charge in [-0.2, -0.15) is 0 Å². The van der Waals surface area contributed by atoms with Crippen LogP contribution in [0.3, 0.4) is 0 Å². The van der Waals surface area contributed by atoms with Crippen LogP contribution in [0.1, 0.15) is 37.5 Å². The monoisotopic (exact) mass is 733 g/mol. The molecular formula is C35H35Cl4N3O4S. The minimum Gasteiger partial charge on any atom is -0.350 e. The molecule has 0 bridgehead atoms. The number of benzene rings is 4. The minimum absolute atomic E-state index is 0.0238. The van der Waals surface area contributed by atoms with E-state index in [-0.39, 0.29) is 38.6 Å². The SMILES string of the molecule is Cc1ccc(S(=O)(=O)N(CC(=O)N(Cc2ccc(Cl)c(Cl)c2)[C@H](Cc2ccccc2)C(=O)NC(C)(C)C)c2ccc(Cl)c(Cl)c2)cc1. The molecule has 0 aliphatic carbocycles. The highest BCUT2D eigenvalue weighted by Crippen LogP contribution is 2.31. The molecule has 12 heteroatoms. The standard InChI is InChI=1S/C35H35Cl4N3O4S/c1-23-10-14-27(15-11-23)47(45,46)42(26-13-17-29(37)31(39)20-26)22-33(43)41(21-25-12-16-28(36)30(38)18-25)32(34(44)40-35(2,3)4)19-24-8-6-5-7-9-24/h5-18,20,32H,19,21-22H2,1-4H3,(H,40,44)/t32-/m1/s1. The molecule has 7 nitrogen and oxygen atoms in total. The topological polar surface area (TPSA) is 86.8 Å². The first-order valence-corrected chi connectivity index (χ1v) is 17.6. The van der Waals surface area contributed by atoms with Gasteiger partial charge in [0.1, 0.15) is 12.6 Å². The minimum atomic E-state index is -4.30. The van der Waals surface area contributed by atoms with E-state index in [2.05, 4.69) is 5.32 Å². The van der Waals surface area contributed by atoms with Gasteiger partial charge in [-0.15, -0.1) is 0 Å². The molecule has 4 aromatic carbocycles. The third kappa shape index (κ3) is 9.64. The molecule has 4 rings (SSSR count). The second-order valence-corrected chi connectivity index (χ2v) is 15.6. The number of halogens is 4. The van der Waals surface area contributed by atoms with Gasteiger partial charge in [-0.1, -0.05) is 100 Å². The van der Waals surface area contributed by atoms with E-state index in [1.165, 1.54) is 35.2 Å². The van der Waals surface area contributed by atoms with Crippen molar-refractivity contribution in [2.75, 3.05) is 10.8 Å². The average molecular weight is 736 g/mol. The number of sulfonamides is 1. The van der Waals surface area contributed by atoms with Gasteiger partial charge in [0, 0.05) is 18.5 Å². The number of nitrogens with zero attached hydrogens (tertiary/aromatic N) is 2. The average Bonchev–Trinajstić information content (AvgIpc) is 3.00. The van der Waals surface area contributed by atoms with Crippen molar-refractivity contribution in [1.82, 2.24) is 10.2 Å². The van der Waals surface area contributed by atoms with Crippen LogP contribution in [0.4, 0.5) is 5.69 Å². The van der Waals surface area contributed by atoms with Gasteiger partial charge >= 0.3 is 0 Å². The molecule has 0 aliphatic rings. The molecule has 0 saturated heterocycles. The van der Waals surface area contributed by atoms with Crippen LogP contribution in [0.5, 0.6) is 0 Å². The lowest BCUT2D eigenvalue weighted by Crippen LogP contribution is -2.56. The number of rotatable bonds is 11. The van der Waals surface area contributed by atoms with Crippen LogP contribution in [-0.2, 0) is 32.6 Å². The van der Waals surface area contributed by atoms with Gasteiger partial charge in [0.05, 0.1) is 30.7 Å². The summed E-state index contributed by atoms with van der Waals surface area (Å²) in [5, 5.41) is 3.93. The summed E-state index contributed by atoms with van der Waals surface area (Å²) >= 11 is 25.0. The fraction of sp³-hybridized carbons (Fsp3) is 0.257. The van der Waals surface area contributed by atoms with Gasteiger partial charge in [0.25, 0.3) is 10.0 Å². The number of amides is 2. The Morgan fingerprint density at radius 2 is 1.36 bits per heavy atom. The summed E-state index contributed by atoms with van der Waals surface area (Å²) in [6.07, 6.45) is 0.160. The van der Waals surface area contributed by atoms with Crippen molar-refractivity contribution in [3.8, 4) is 0 Å². The largest absolute Gasteiger partial charge is 0.350 e. The highest BCUT2D eigenvalue weighted by Gasteiger charge is 2.36. The molecule has 0 fully saturated rings. The van der Waals surface area contributed by atoms with E-state index in [1.807, 2.05) is 58.0 Å². The zero-order valence-corrected chi connectivity index (χ0v) is 30.1. The van der Waals surface area contributed by atoms with Crippen LogP contribution in [0.15, 0.2) is 95.9 Å². The van der Waals surface area contributed by atoms with Crippen molar-refractivity contribution in [3.63, 3.8) is 0 Å². The van der Waals surface area contributed by atoms with Crippen molar-refractivity contribution < 1.29 is 18.0 Å². The normalized spacial score (nSPS) is 12.3. The smallest absolute Gasteiger partial charge is 0.264 e. The number of hydrogen-bond donors (Lipinski definition) is 1. The van der Waals surface area contributed by atoms with Crippen molar-refractivity contribution in [2.24, 2.45) is 0 Å². The Hall–Kier alpha value is -3.27. The third-order valence-corrected chi connectivity index (χ3v) is 10.5. The first kappa shape index (κ1) is 36.6. The van der Waals surface area contributed by atoms with Gasteiger partial charge in [-0.3, -0.25) is 13.9 Å². The lowest BCUT2D eigenvalue weighted by molar-refractivity contribution is -0.140. The first-order chi connectivity index (χ1) is 22.0. The second kappa shape index (κ2) is 15.3. The van der Waals surface area contributed by atoms with E-state index in [0.29, 0.717) is 10.6 Å². The Balaban J connectivity index is 1.85. The predicted molar refractivity (Wildman–Crippen MR) is 191 cm³/mol. The summed E-state index contributed by atoms with van der Waals surface area (Å²) in [5.41, 5.74) is 1.77. The summed E-state index contributed by atoms with van der Waals surface area (Å²) in [6, 6.07) is 23.8. The Labute approximate surface area is 296 Å². The molecule has 1 atom stereocenters. The Kier molecular flexibility index (Phi) is 11.9. The highest BCUT2D eigenvalue weighted by molar-refractivity contribution is 7.92. The molecule has 47 heavy (non-hydrogen) atoms. The van der Waals surface area contributed by atoms with Crippen molar-refractivity contribution >= 4 is 73.9 Å². The van der Waals surface area contributed by atoms with Gasteiger partial charge < -0.3 is 10.2 Å². The zero-order chi connectivity index (χ0) is 34.5. The molecule has 248 valence electrons. The maximum Gasteiger partial charge on any atom is 0.264 e. The molecule has 0 saturated carbocycles. The predicted octanol–water partition coefficient (Wildman–Crippen LogP) is 8.36. The number of carbonyl (C=O) groups is 2. The maximum atomic E-state index is 14.6. The third-order valence-electron chi connectivity index (χ3n) is 7.19. The molecule has 0 unspecified atom stereocenters. The summed E-state index contributed by atoms with van der Waals surface area (Å²) in [4.78, 5) is 29.9. The Bertz CT molecular complexity index is 1850. The van der Waals surface area contributed by atoms with Crippen LogP contribution >= 0.6 is 46.4 Å². The van der Waals surface area contributed by atoms with Crippen LogP contribution in [-0.4, -0.2) is 43.3 Å². The van der Waals surface area contributed by atoms with E-state index in [9.17, 15) is 18.0 Å². The number of nitrogens with one attached hydrogen (secondary N) is 1. The zero-order valence-electron chi connectivity index (χ0n) is 26.3. The van der Waals surface area contributed by atoms with E-state index in [4.69, 9.17) is 46.4 Å². The molecule has 0 heterocycles. The molecule has 4 aromatic rings. The molecule has 0 spiro atoms. The van der Waals surface area contributed by atoms with E-state index < -0.39 is 40.0 Å². The lowest BCUT2D eigenvalue weighted by atomic mass is 10.0. The van der Waals surface area contributed by atoms with Crippen LogP contribution in [0, 0.1) is 6.92 Å². The highest BCUT2D eigenvalue weighted by atomic mass is 35.5. The fourth-order valence-electron chi connectivity index (χ4n) is 4.85. The Morgan fingerprint density at radius 1 is 0.766 bits per heavy atom. The molecule has 2 amide bonds. The first-order valence-electron chi connectivity index (χ1n) is 14.7. The van der Waals surface area contributed by atoms with E-state index >= 15 is 0 Å². The number of aryl methyl sites for hydroxylation is 1. The van der Waals surface area contributed by atoms with Gasteiger partial charge in [0.2, 0.25) is 11.8 Å². The van der Waals surface area contributed by atoms with Crippen molar-refractivity contribution in [2.45, 2.75) is 57.1 Å². The molecule has 0 aromatic heterocycles.